The van der Waals surface area contributed by atoms with Crippen LogP contribution >= 0.6 is 0 Å². The molecule has 0 spiro atoms. The van der Waals surface area contributed by atoms with Crippen LogP contribution in [-0.4, -0.2) is 32.9 Å². The zero-order valence-corrected chi connectivity index (χ0v) is 16.0. The van der Waals surface area contributed by atoms with Gasteiger partial charge in [-0.2, -0.15) is 0 Å². The Balaban J connectivity index is 1.65. The van der Waals surface area contributed by atoms with Gasteiger partial charge in [0.1, 0.15) is 0 Å². The van der Waals surface area contributed by atoms with Crippen LogP contribution in [0.1, 0.15) is 42.6 Å². The number of aromatic nitrogens is 3. The van der Waals surface area contributed by atoms with Crippen LogP contribution in [0.15, 0.2) is 36.8 Å². The third kappa shape index (κ3) is 3.65. The molecule has 0 aliphatic heterocycles. The molecule has 140 valence electrons. The zero-order valence-electron chi connectivity index (χ0n) is 16.0. The number of rotatable bonds is 6. The first kappa shape index (κ1) is 17.5. The Morgan fingerprint density at radius 3 is 2.81 bits per heavy atom. The quantitative estimate of drug-likeness (QED) is 0.701. The molecule has 6 heteroatoms. The average molecular weight is 363 g/mol. The van der Waals surface area contributed by atoms with Gasteiger partial charge in [-0.3, -0.25) is 9.20 Å². The average Bonchev–Trinajstić information content (AvgIpc) is 3.34. The standard InChI is InChI=1S/C21H25N5O/c1-13(2)11-23-19-20-24-12-18(26(20)9-8-22-19)15-4-7-17(14(3)10-15)21(27)25-16-5-6-16/h4,7-10,12-13,16H,5-6,11H2,1-3H3,(H,22,23)(H,25,27). The lowest BCUT2D eigenvalue weighted by molar-refractivity contribution is 0.0950. The molecular weight excluding hydrogens is 338 g/mol. The summed E-state index contributed by atoms with van der Waals surface area (Å²) in [5, 5.41) is 6.42. The van der Waals surface area contributed by atoms with E-state index < -0.39 is 0 Å². The summed E-state index contributed by atoms with van der Waals surface area (Å²) in [6.45, 7) is 7.15. The Hall–Kier alpha value is -2.89. The molecule has 0 atom stereocenters. The fourth-order valence-corrected chi connectivity index (χ4v) is 3.13. The van der Waals surface area contributed by atoms with Gasteiger partial charge in [0.25, 0.3) is 5.91 Å². The van der Waals surface area contributed by atoms with Crippen LogP contribution in [0, 0.1) is 12.8 Å². The van der Waals surface area contributed by atoms with Gasteiger partial charge in [-0.25, -0.2) is 9.97 Å². The molecule has 1 aliphatic carbocycles. The summed E-state index contributed by atoms with van der Waals surface area (Å²) >= 11 is 0. The first-order chi connectivity index (χ1) is 13.0. The number of hydrogen-bond acceptors (Lipinski definition) is 4. The predicted molar refractivity (Wildman–Crippen MR) is 107 cm³/mol. The molecule has 0 radical (unpaired) electrons. The molecule has 0 saturated heterocycles. The SMILES string of the molecule is Cc1cc(-c2cnc3c(NCC(C)C)nccn23)ccc1C(=O)NC1CC1. The molecule has 4 rings (SSSR count). The fraction of sp³-hybridized carbons (Fsp3) is 0.381. The molecule has 6 nitrogen and oxygen atoms in total. The van der Waals surface area contributed by atoms with E-state index in [1.54, 1.807) is 6.20 Å². The van der Waals surface area contributed by atoms with Gasteiger partial charge in [-0.05, 0) is 43.4 Å². The maximum Gasteiger partial charge on any atom is 0.251 e. The number of nitrogens with zero attached hydrogens (tertiary/aromatic N) is 3. The number of anilines is 1. The van der Waals surface area contributed by atoms with E-state index in [2.05, 4.69) is 34.4 Å². The van der Waals surface area contributed by atoms with Crippen molar-refractivity contribution in [3.63, 3.8) is 0 Å². The molecule has 1 saturated carbocycles. The first-order valence-corrected chi connectivity index (χ1v) is 9.50. The monoisotopic (exact) mass is 363 g/mol. The van der Waals surface area contributed by atoms with Crippen molar-refractivity contribution in [2.45, 2.75) is 39.7 Å². The van der Waals surface area contributed by atoms with Crippen LogP contribution in [0.2, 0.25) is 0 Å². The molecule has 1 fully saturated rings. The van der Waals surface area contributed by atoms with Gasteiger partial charge in [-0.1, -0.05) is 19.9 Å². The second-order valence-corrected chi connectivity index (χ2v) is 7.67. The highest BCUT2D eigenvalue weighted by Crippen LogP contribution is 2.26. The summed E-state index contributed by atoms with van der Waals surface area (Å²) in [5.74, 6) is 1.33. The number of benzene rings is 1. The Bertz CT molecular complexity index is 987. The van der Waals surface area contributed by atoms with Crippen molar-refractivity contribution in [1.29, 1.82) is 0 Å². The van der Waals surface area contributed by atoms with Gasteiger partial charge in [-0.15, -0.1) is 0 Å². The Morgan fingerprint density at radius 1 is 1.30 bits per heavy atom. The van der Waals surface area contributed by atoms with Crippen LogP contribution in [0.3, 0.4) is 0 Å². The van der Waals surface area contributed by atoms with Crippen LogP contribution in [0.5, 0.6) is 0 Å². The number of carbonyl (C=O) groups is 1. The lowest BCUT2D eigenvalue weighted by atomic mass is 10.0. The smallest absolute Gasteiger partial charge is 0.251 e. The number of aryl methyl sites for hydroxylation is 1. The summed E-state index contributed by atoms with van der Waals surface area (Å²) in [7, 11) is 0. The Labute approximate surface area is 159 Å². The molecule has 2 heterocycles. The topological polar surface area (TPSA) is 71.3 Å². The van der Waals surface area contributed by atoms with E-state index in [1.807, 2.05) is 41.9 Å². The Kier molecular flexibility index (Phi) is 4.56. The van der Waals surface area contributed by atoms with Crippen molar-refractivity contribution in [3.05, 3.63) is 47.9 Å². The predicted octanol–water partition coefficient (Wildman–Crippen LogP) is 3.66. The molecule has 3 aromatic rings. The van der Waals surface area contributed by atoms with E-state index in [4.69, 9.17) is 0 Å². The zero-order chi connectivity index (χ0) is 19.0. The van der Waals surface area contributed by atoms with Gasteiger partial charge >= 0.3 is 0 Å². The second kappa shape index (κ2) is 7.02. The molecular formula is C21H25N5O. The molecule has 2 aromatic heterocycles. The number of carbonyl (C=O) groups excluding carboxylic acids is 1. The third-order valence-electron chi connectivity index (χ3n) is 4.79. The van der Waals surface area contributed by atoms with Gasteiger partial charge in [0.15, 0.2) is 11.5 Å². The lowest BCUT2D eigenvalue weighted by Crippen LogP contribution is -2.26. The summed E-state index contributed by atoms with van der Waals surface area (Å²) in [4.78, 5) is 21.3. The van der Waals surface area contributed by atoms with Crippen molar-refractivity contribution in [1.82, 2.24) is 19.7 Å². The van der Waals surface area contributed by atoms with Gasteiger partial charge in [0, 0.05) is 36.1 Å². The van der Waals surface area contributed by atoms with Crippen molar-refractivity contribution in [2.24, 2.45) is 5.92 Å². The van der Waals surface area contributed by atoms with Crippen molar-refractivity contribution in [2.75, 3.05) is 11.9 Å². The highest BCUT2D eigenvalue weighted by Gasteiger charge is 2.24. The van der Waals surface area contributed by atoms with E-state index in [9.17, 15) is 4.79 Å². The Morgan fingerprint density at radius 2 is 2.11 bits per heavy atom. The fourth-order valence-electron chi connectivity index (χ4n) is 3.13. The maximum absolute atomic E-state index is 12.4. The molecule has 2 N–H and O–H groups in total. The van der Waals surface area contributed by atoms with Crippen LogP contribution in [0.25, 0.3) is 16.9 Å². The van der Waals surface area contributed by atoms with E-state index in [0.717, 1.165) is 53.2 Å². The number of imidazole rings is 1. The van der Waals surface area contributed by atoms with Crippen molar-refractivity contribution < 1.29 is 4.79 Å². The van der Waals surface area contributed by atoms with Gasteiger partial charge in [0.2, 0.25) is 0 Å². The van der Waals surface area contributed by atoms with E-state index in [1.165, 1.54) is 0 Å². The molecule has 1 amide bonds. The van der Waals surface area contributed by atoms with Crippen LogP contribution < -0.4 is 10.6 Å². The highest BCUT2D eigenvalue weighted by molar-refractivity contribution is 5.96. The number of hydrogen-bond donors (Lipinski definition) is 2. The van der Waals surface area contributed by atoms with Crippen LogP contribution in [0.4, 0.5) is 5.82 Å². The summed E-state index contributed by atoms with van der Waals surface area (Å²) < 4.78 is 2.04. The molecule has 27 heavy (non-hydrogen) atoms. The second-order valence-electron chi connectivity index (χ2n) is 7.67. The maximum atomic E-state index is 12.4. The number of amides is 1. The minimum Gasteiger partial charge on any atom is -0.367 e. The normalized spacial score (nSPS) is 13.9. The number of fused-ring (bicyclic) bond motifs is 1. The number of nitrogens with one attached hydrogen (secondary N) is 2. The molecule has 0 unspecified atom stereocenters. The van der Waals surface area contributed by atoms with Gasteiger partial charge < -0.3 is 10.6 Å². The minimum atomic E-state index is 0.0177. The molecule has 0 bridgehead atoms. The highest BCUT2D eigenvalue weighted by atomic mass is 16.1. The third-order valence-corrected chi connectivity index (χ3v) is 4.79. The summed E-state index contributed by atoms with van der Waals surface area (Å²) in [5.41, 5.74) is 4.52. The summed E-state index contributed by atoms with van der Waals surface area (Å²) in [6.07, 6.45) is 7.74. The largest absolute Gasteiger partial charge is 0.367 e. The van der Waals surface area contributed by atoms with E-state index in [-0.39, 0.29) is 5.91 Å². The molecule has 1 aliphatic rings. The first-order valence-electron chi connectivity index (χ1n) is 9.50. The lowest BCUT2D eigenvalue weighted by Gasteiger charge is -2.11. The van der Waals surface area contributed by atoms with E-state index >= 15 is 0 Å². The van der Waals surface area contributed by atoms with E-state index in [0.29, 0.717) is 12.0 Å². The summed E-state index contributed by atoms with van der Waals surface area (Å²) in [6, 6.07) is 6.30. The minimum absolute atomic E-state index is 0.0177. The molecule has 1 aromatic carbocycles. The van der Waals surface area contributed by atoms with Crippen LogP contribution in [-0.2, 0) is 0 Å². The van der Waals surface area contributed by atoms with Crippen molar-refractivity contribution in [3.8, 4) is 11.3 Å². The van der Waals surface area contributed by atoms with Gasteiger partial charge in [0.05, 0.1) is 11.9 Å². The van der Waals surface area contributed by atoms with Crippen molar-refractivity contribution >= 4 is 17.4 Å².